The molecule has 0 bridgehead atoms. The monoisotopic (exact) mass is 436 g/mol. The van der Waals surface area contributed by atoms with Gasteiger partial charge in [0, 0.05) is 12.1 Å². The van der Waals surface area contributed by atoms with Gasteiger partial charge in [-0.05, 0) is 43.7 Å². The highest BCUT2D eigenvalue weighted by Crippen LogP contribution is 2.31. The van der Waals surface area contributed by atoms with E-state index >= 15 is 0 Å². The number of carbonyl (C=O) groups excluding carboxylic acids is 1. The van der Waals surface area contributed by atoms with E-state index in [1.54, 1.807) is 22.8 Å². The molecule has 0 amide bonds. The normalized spacial score (nSPS) is 18.7. The lowest BCUT2D eigenvalue weighted by atomic mass is 9.82. The highest BCUT2D eigenvalue weighted by atomic mass is 32.2. The summed E-state index contributed by atoms with van der Waals surface area (Å²) in [5.74, 6) is -0.624. The molecule has 1 aliphatic rings. The van der Waals surface area contributed by atoms with Gasteiger partial charge < -0.3 is 5.11 Å². The van der Waals surface area contributed by atoms with Gasteiger partial charge in [-0.3, -0.25) is 19.0 Å². The Morgan fingerprint density at radius 2 is 1.68 bits per heavy atom. The zero-order valence-electron chi connectivity index (χ0n) is 17.1. The number of ketones is 1. The van der Waals surface area contributed by atoms with Crippen molar-refractivity contribution in [1.29, 1.82) is 0 Å². The molecule has 160 valence electrons. The number of benzene rings is 2. The molecule has 6 nitrogen and oxygen atoms in total. The van der Waals surface area contributed by atoms with Crippen LogP contribution in [0.4, 0.5) is 0 Å². The maximum atomic E-state index is 13.2. The van der Waals surface area contributed by atoms with E-state index in [0.717, 1.165) is 12.8 Å². The van der Waals surface area contributed by atoms with Crippen LogP contribution in [-0.4, -0.2) is 32.2 Å². The fraction of sp³-hybridized carbons (Fsp3) is 0.333. The predicted octanol–water partition coefficient (Wildman–Crippen LogP) is 4.26. The SMILES string of the molecule is O=C(CSc1nc2ccccc2c(=O)n1CC1CCC(C(=O)O)CC1)c1ccccc1. The molecule has 7 heteroatoms. The number of fused-ring (bicyclic) bond motifs is 1. The number of rotatable bonds is 7. The maximum absolute atomic E-state index is 13.2. The van der Waals surface area contributed by atoms with Crippen molar-refractivity contribution in [3.63, 3.8) is 0 Å². The Labute approximate surface area is 184 Å². The number of aromatic nitrogens is 2. The molecule has 0 aliphatic heterocycles. The summed E-state index contributed by atoms with van der Waals surface area (Å²) in [6.07, 6.45) is 2.79. The summed E-state index contributed by atoms with van der Waals surface area (Å²) in [5.41, 5.74) is 1.14. The van der Waals surface area contributed by atoms with Crippen molar-refractivity contribution in [1.82, 2.24) is 9.55 Å². The quantitative estimate of drug-likeness (QED) is 0.338. The van der Waals surface area contributed by atoms with Gasteiger partial charge in [0.05, 0.1) is 22.6 Å². The van der Waals surface area contributed by atoms with Gasteiger partial charge in [0.15, 0.2) is 10.9 Å². The van der Waals surface area contributed by atoms with Crippen LogP contribution in [0.15, 0.2) is 64.5 Å². The highest BCUT2D eigenvalue weighted by Gasteiger charge is 2.27. The van der Waals surface area contributed by atoms with Crippen LogP contribution in [0.1, 0.15) is 36.0 Å². The van der Waals surface area contributed by atoms with Crippen molar-refractivity contribution in [2.75, 3.05) is 5.75 Å². The summed E-state index contributed by atoms with van der Waals surface area (Å²) in [7, 11) is 0. The third-order valence-corrected chi connectivity index (χ3v) is 6.87. The Kier molecular flexibility index (Phi) is 6.51. The second-order valence-corrected chi connectivity index (χ2v) is 8.90. The number of para-hydroxylation sites is 1. The minimum atomic E-state index is -0.737. The van der Waals surface area contributed by atoms with Crippen molar-refractivity contribution in [3.05, 3.63) is 70.5 Å². The Hall–Kier alpha value is -2.93. The smallest absolute Gasteiger partial charge is 0.306 e. The average Bonchev–Trinajstić information content (AvgIpc) is 2.80. The van der Waals surface area contributed by atoms with Crippen molar-refractivity contribution in [2.45, 2.75) is 37.4 Å². The largest absolute Gasteiger partial charge is 0.481 e. The number of Topliss-reactive ketones (excluding diaryl/α,β-unsaturated/α-hetero) is 1. The molecule has 0 atom stereocenters. The van der Waals surface area contributed by atoms with Crippen LogP contribution in [0.5, 0.6) is 0 Å². The second-order valence-electron chi connectivity index (χ2n) is 7.96. The van der Waals surface area contributed by atoms with Crippen LogP contribution >= 0.6 is 11.8 Å². The van der Waals surface area contributed by atoms with Crippen LogP contribution < -0.4 is 5.56 Å². The summed E-state index contributed by atoms with van der Waals surface area (Å²) in [5, 5.41) is 10.3. The molecule has 4 rings (SSSR count). The number of nitrogens with zero attached hydrogens (tertiary/aromatic N) is 2. The molecule has 1 heterocycles. The Morgan fingerprint density at radius 1 is 1.00 bits per heavy atom. The summed E-state index contributed by atoms with van der Waals surface area (Å²) >= 11 is 1.28. The van der Waals surface area contributed by atoms with E-state index in [1.807, 2.05) is 36.4 Å². The van der Waals surface area contributed by atoms with Gasteiger partial charge in [-0.25, -0.2) is 4.98 Å². The number of carboxylic acid groups (broad SMARTS) is 1. The number of carbonyl (C=O) groups is 2. The lowest BCUT2D eigenvalue weighted by Gasteiger charge is -2.27. The minimum Gasteiger partial charge on any atom is -0.481 e. The van der Waals surface area contributed by atoms with Crippen molar-refractivity contribution >= 4 is 34.4 Å². The van der Waals surface area contributed by atoms with Crippen molar-refractivity contribution < 1.29 is 14.7 Å². The molecule has 1 saturated carbocycles. The molecular weight excluding hydrogens is 412 g/mol. The van der Waals surface area contributed by atoms with E-state index in [-0.39, 0.29) is 28.9 Å². The zero-order chi connectivity index (χ0) is 21.8. The molecule has 0 unspecified atom stereocenters. The number of thioether (sulfide) groups is 1. The van der Waals surface area contributed by atoms with Crippen LogP contribution in [0.2, 0.25) is 0 Å². The molecule has 3 aromatic rings. The lowest BCUT2D eigenvalue weighted by Crippen LogP contribution is -2.30. The van der Waals surface area contributed by atoms with Crippen LogP contribution in [-0.2, 0) is 11.3 Å². The number of aliphatic carboxylic acids is 1. The number of carboxylic acids is 1. The fourth-order valence-corrected chi connectivity index (χ4v) is 5.01. The molecule has 1 fully saturated rings. The molecule has 31 heavy (non-hydrogen) atoms. The van der Waals surface area contributed by atoms with Gasteiger partial charge in [-0.1, -0.05) is 54.2 Å². The first-order valence-corrected chi connectivity index (χ1v) is 11.4. The summed E-state index contributed by atoms with van der Waals surface area (Å²) in [6.45, 7) is 0.491. The van der Waals surface area contributed by atoms with Crippen LogP contribution in [0, 0.1) is 11.8 Å². The number of hydrogen-bond donors (Lipinski definition) is 1. The van der Waals surface area contributed by atoms with Gasteiger partial charge in [0.1, 0.15) is 0 Å². The van der Waals surface area contributed by atoms with E-state index in [0.29, 0.717) is 41.0 Å². The van der Waals surface area contributed by atoms with Gasteiger partial charge in [0.2, 0.25) is 0 Å². The summed E-state index contributed by atoms with van der Waals surface area (Å²) in [6, 6.07) is 16.3. The van der Waals surface area contributed by atoms with Gasteiger partial charge >= 0.3 is 5.97 Å². The molecule has 1 aliphatic carbocycles. The van der Waals surface area contributed by atoms with E-state index in [9.17, 15) is 19.5 Å². The van der Waals surface area contributed by atoms with E-state index in [4.69, 9.17) is 0 Å². The topological polar surface area (TPSA) is 89.3 Å². The Balaban J connectivity index is 1.58. The summed E-state index contributed by atoms with van der Waals surface area (Å²) < 4.78 is 1.68. The van der Waals surface area contributed by atoms with Gasteiger partial charge in [-0.15, -0.1) is 0 Å². The molecule has 0 saturated heterocycles. The summed E-state index contributed by atoms with van der Waals surface area (Å²) in [4.78, 5) is 41.7. The predicted molar refractivity (Wildman–Crippen MR) is 121 cm³/mol. The maximum Gasteiger partial charge on any atom is 0.306 e. The lowest BCUT2D eigenvalue weighted by molar-refractivity contribution is -0.143. The molecule has 1 aromatic heterocycles. The first-order chi connectivity index (χ1) is 15.0. The molecule has 0 radical (unpaired) electrons. The average molecular weight is 437 g/mol. The molecule has 0 spiro atoms. The van der Waals surface area contributed by atoms with Gasteiger partial charge in [0.25, 0.3) is 5.56 Å². The van der Waals surface area contributed by atoms with Crippen molar-refractivity contribution in [3.8, 4) is 0 Å². The van der Waals surface area contributed by atoms with E-state index < -0.39 is 5.97 Å². The van der Waals surface area contributed by atoms with Crippen LogP contribution in [0.3, 0.4) is 0 Å². The third kappa shape index (κ3) is 4.88. The fourth-order valence-electron chi connectivity index (χ4n) is 4.11. The third-order valence-electron chi connectivity index (χ3n) is 5.89. The second kappa shape index (κ2) is 9.47. The molecule has 1 N–H and O–H groups in total. The van der Waals surface area contributed by atoms with E-state index in [1.165, 1.54) is 11.8 Å². The van der Waals surface area contributed by atoms with Crippen LogP contribution in [0.25, 0.3) is 10.9 Å². The molecule has 2 aromatic carbocycles. The zero-order valence-corrected chi connectivity index (χ0v) is 17.9. The first kappa shape index (κ1) is 21.3. The first-order valence-electron chi connectivity index (χ1n) is 10.5. The van der Waals surface area contributed by atoms with Crippen molar-refractivity contribution in [2.24, 2.45) is 11.8 Å². The van der Waals surface area contributed by atoms with E-state index in [2.05, 4.69) is 4.98 Å². The Bertz CT molecular complexity index is 1150. The Morgan fingerprint density at radius 3 is 2.39 bits per heavy atom. The number of hydrogen-bond acceptors (Lipinski definition) is 5. The van der Waals surface area contributed by atoms with Gasteiger partial charge in [-0.2, -0.15) is 0 Å². The highest BCUT2D eigenvalue weighted by molar-refractivity contribution is 7.99. The molecular formula is C24H24N2O4S. The minimum absolute atomic E-state index is 0.0125. The standard InChI is InChI=1S/C24H24N2O4S/c27-21(17-6-2-1-3-7-17)15-31-24-25-20-9-5-4-8-19(20)22(28)26(24)14-16-10-12-18(13-11-16)23(29)30/h1-9,16,18H,10-15H2,(H,29,30).